The van der Waals surface area contributed by atoms with E-state index in [4.69, 9.17) is 0 Å². The van der Waals surface area contributed by atoms with Gasteiger partial charge in [0.15, 0.2) is 0 Å². The van der Waals surface area contributed by atoms with Crippen LogP contribution in [0.4, 0.5) is 0 Å². The molecule has 2 heterocycles. The Hall–Kier alpha value is -2.37. The van der Waals surface area contributed by atoms with Crippen LogP contribution in [0.1, 0.15) is 23.5 Å². The molecule has 0 fully saturated rings. The standard InChI is InChI=1S/C15H20N4O2/c1-11-12(2)19(15(21)18-11)10-7-14(20)17-9-6-13-5-3-4-8-16-13/h3-5,8H,6-7,9-10H2,1-2H3,(H,17,20)(H,18,21). The average Bonchev–Trinajstić information content (AvgIpc) is 2.71. The summed E-state index contributed by atoms with van der Waals surface area (Å²) >= 11 is 0. The maximum Gasteiger partial charge on any atom is 0.325 e. The SMILES string of the molecule is Cc1[nH]c(=O)n(CCC(=O)NCCc2ccccn2)c1C. The van der Waals surface area contributed by atoms with Gasteiger partial charge in [0.25, 0.3) is 0 Å². The lowest BCUT2D eigenvalue weighted by Crippen LogP contribution is -2.28. The highest BCUT2D eigenvalue weighted by atomic mass is 16.2. The molecule has 0 atom stereocenters. The van der Waals surface area contributed by atoms with Crippen molar-refractivity contribution >= 4 is 5.91 Å². The highest BCUT2D eigenvalue weighted by molar-refractivity contribution is 5.75. The van der Waals surface area contributed by atoms with Crippen molar-refractivity contribution in [2.75, 3.05) is 6.54 Å². The molecule has 0 saturated carbocycles. The molecule has 0 saturated heterocycles. The summed E-state index contributed by atoms with van der Waals surface area (Å²) in [6.45, 7) is 4.66. The van der Waals surface area contributed by atoms with Crippen molar-refractivity contribution in [2.24, 2.45) is 0 Å². The van der Waals surface area contributed by atoms with Gasteiger partial charge in [-0.3, -0.25) is 14.3 Å². The summed E-state index contributed by atoms with van der Waals surface area (Å²) in [4.78, 5) is 30.3. The normalized spacial score (nSPS) is 10.6. The lowest BCUT2D eigenvalue weighted by Gasteiger charge is -2.06. The highest BCUT2D eigenvalue weighted by Crippen LogP contribution is 2.01. The fourth-order valence-corrected chi connectivity index (χ4v) is 2.12. The molecular weight excluding hydrogens is 268 g/mol. The van der Waals surface area contributed by atoms with E-state index < -0.39 is 0 Å². The number of aromatic amines is 1. The number of pyridine rings is 1. The van der Waals surface area contributed by atoms with Crippen LogP contribution >= 0.6 is 0 Å². The highest BCUT2D eigenvalue weighted by Gasteiger charge is 2.08. The first-order valence-electron chi connectivity index (χ1n) is 7.00. The van der Waals surface area contributed by atoms with Crippen LogP contribution in [0.15, 0.2) is 29.2 Å². The first-order valence-corrected chi connectivity index (χ1v) is 7.00. The van der Waals surface area contributed by atoms with Crippen molar-refractivity contribution in [3.63, 3.8) is 0 Å². The van der Waals surface area contributed by atoms with E-state index in [9.17, 15) is 9.59 Å². The van der Waals surface area contributed by atoms with Gasteiger partial charge in [-0.25, -0.2) is 4.79 Å². The third kappa shape index (κ3) is 4.05. The molecular formula is C15H20N4O2. The fraction of sp³-hybridized carbons (Fsp3) is 0.400. The Bertz CT molecular complexity index is 658. The summed E-state index contributed by atoms with van der Waals surface area (Å²) in [7, 11) is 0. The molecule has 0 aliphatic rings. The van der Waals surface area contributed by atoms with E-state index in [1.54, 1.807) is 10.8 Å². The molecule has 0 aliphatic heterocycles. The summed E-state index contributed by atoms with van der Waals surface area (Å²) in [6, 6.07) is 5.71. The van der Waals surface area contributed by atoms with E-state index >= 15 is 0 Å². The number of H-pyrrole nitrogens is 1. The lowest BCUT2D eigenvalue weighted by atomic mass is 10.2. The Morgan fingerprint density at radius 1 is 1.38 bits per heavy atom. The van der Waals surface area contributed by atoms with Gasteiger partial charge >= 0.3 is 5.69 Å². The van der Waals surface area contributed by atoms with Gasteiger partial charge in [-0.15, -0.1) is 0 Å². The van der Waals surface area contributed by atoms with Crippen LogP contribution in [-0.4, -0.2) is 27.0 Å². The minimum absolute atomic E-state index is 0.0592. The largest absolute Gasteiger partial charge is 0.356 e. The van der Waals surface area contributed by atoms with Gasteiger partial charge in [-0.05, 0) is 26.0 Å². The summed E-state index contributed by atoms with van der Waals surface area (Å²) in [5, 5.41) is 2.84. The van der Waals surface area contributed by atoms with Crippen LogP contribution in [0.25, 0.3) is 0 Å². The third-order valence-electron chi connectivity index (χ3n) is 3.48. The molecule has 0 aliphatic carbocycles. The zero-order valence-electron chi connectivity index (χ0n) is 12.3. The number of amides is 1. The topological polar surface area (TPSA) is 79.8 Å². The summed E-state index contributed by atoms with van der Waals surface area (Å²) in [5.41, 5.74) is 2.51. The van der Waals surface area contributed by atoms with Gasteiger partial charge in [0.1, 0.15) is 0 Å². The number of hydrogen-bond acceptors (Lipinski definition) is 3. The van der Waals surface area contributed by atoms with E-state index in [0.717, 1.165) is 17.1 Å². The van der Waals surface area contributed by atoms with Crippen LogP contribution in [0.3, 0.4) is 0 Å². The van der Waals surface area contributed by atoms with Crippen molar-refractivity contribution < 1.29 is 4.79 Å². The Labute approximate surface area is 123 Å². The van der Waals surface area contributed by atoms with Crippen LogP contribution in [0.2, 0.25) is 0 Å². The predicted molar refractivity (Wildman–Crippen MR) is 80.1 cm³/mol. The molecule has 2 N–H and O–H groups in total. The van der Waals surface area contributed by atoms with E-state index in [1.165, 1.54) is 0 Å². The van der Waals surface area contributed by atoms with Crippen LogP contribution in [-0.2, 0) is 17.8 Å². The zero-order valence-corrected chi connectivity index (χ0v) is 12.3. The number of rotatable bonds is 6. The number of nitrogens with zero attached hydrogens (tertiary/aromatic N) is 2. The Balaban J connectivity index is 1.76. The molecule has 21 heavy (non-hydrogen) atoms. The van der Waals surface area contributed by atoms with E-state index in [0.29, 0.717) is 25.9 Å². The first kappa shape index (κ1) is 15.0. The molecule has 0 radical (unpaired) electrons. The van der Waals surface area contributed by atoms with Gasteiger partial charge in [0.2, 0.25) is 5.91 Å². The van der Waals surface area contributed by atoms with Crippen molar-refractivity contribution in [2.45, 2.75) is 33.2 Å². The number of hydrogen-bond donors (Lipinski definition) is 2. The minimum atomic E-state index is -0.161. The maximum absolute atomic E-state index is 11.8. The smallest absolute Gasteiger partial charge is 0.325 e. The van der Waals surface area contributed by atoms with Gasteiger partial charge in [0, 0.05) is 49.2 Å². The number of aromatic nitrogens is 3. The summed E-state index contributed by atoms with van der Waals surface area (Å²) in [5.74, 6) is -0.0592. The predicted octanol–water partition coefficient (Wildman–Crippen LogP) is 0.937. The lowest BCUT2D eigenvalue weighted by molar-refractivity contribution is -0.121. The number of carbonyl (C=O) groups is 1. The second-order valence-electron chi connectivity index (χ2n) is 4.96. The van der Waals surface area contributed by atoms with E-state index in [-0.39, 0.29) is 11.6 Å². The Morgan fingerprint density at radius 3 is 2.81 bits per heavy atom. The molecule has 112 valence electrons. The van der Waals surface area contributed by atoms with Gasteiger partial charge in [-0.2, -0.15) is 0 Å². The minimum Gasteiger partial charge on any atom is -0.356 e. The number of nitrogens with one attached hydrogen (secondary N) is 2. The van der Waals surface area contributed by atoms with Gasteiger partial charge < -0.3 is 10.3 Å². The van der Waals surface area contributed by atoms with Gasteiger partial charge in [-0.1, -0.05) is 6.07 Å². The zero-order chi connectivity index (χ0) is 15.2. The molecule has 0 spiro atoms. The molecule has 1 amide bonds. The molecule has 2 aromatic rings. The number of aryl methyl sites for hydroxylation is 1. The van der Waals surface area contributed by atoms with Crippen molar-refractivity contribution in [1.82, 2.24) is 19.9 Å². The average molecular weight is 288 g/mol. The van der Waals surface area contributed by atoms with Crippen molar-refractivity contribution in [3.8, 4) is 0 Å². The van der Waals surface area contributed by atoms with Gasteiger partial charge in [0.05, 0.1) is 0 Å². The fourth-order valence-electron chi connectivity index (χ4n) is 2.12. The van der Waals surface area contributed by atoms with Crippen LogP contribution < -0.4 is 11.0 Å². The summed E-state index contributed by atoms with van der Waals surface area (Å²) in [6.07, 6.45) is 2.73. The molecule has 6 heteroatoms. The van der Waals surface area contributed by atoms with E-state index in [2.05, 4.69) is 15.3 Å². The molecule has 0 unspecified atom stereocenters. The quantitative estimate of drug-likeness (QED) is 0.830. The molecule has 0 aromatic carbocycles. The second-order valence-corrected chi connectivity index (χ2v) is 4.96. The van der Waals surface area contributed by atoms with Crippen molar-refractivity contribution in [1.29, 1.82) is 0 Å². The molecule has 2 aromatic heterocycles. The van der Waals surface area contributed by atoms with E-state index in [1.807, 2.05) is 32.0 Å². The molecule has 6 nitrogen and oxygen atoms in total. The maximum atomic E-state index is 11.8. The van der Waals surface area contributed by atoms with Crippen molar-refractivity contribution in [3.05, 3.63) is 52.0 Å². The van der Waals surface area contributed by atoms with Crippen LogP contribution in [0.5, 0.6) is 0 Å². The third-order valence-corrected chi connectivity index (χ3v) is 3.48. The molecule has 2 rings (SSSR count). The number of imidazole rings is 1. The monoisotopic (exact) mass is 288 g/mol. The summed E-state index contributed by atoms with van der Waals surface area (Å²) < 4.78 is 1.59. The molecule has 0 bridgehead atoms. The van der Waals surface area contributed by atoms with Crippen LogP contribution in [0, 0.1) is 13.8 Å². The second kappa shape index (κ2) is 6.88. The Kier molecular flexibility index (Phi) is 4.92. The number of carbonyl (C=O) groups excluding carboxylic acids is 1. The Morgan fingerprint density at radius 2 is 2.19 bits per heavy atom. The first-order chi connectivity index (χ1) is 10.1.